The van der Waals surface area contributed by atoms with E-state index in [0.29, 0.717) is 25.2 Å². The SMILES string of the molecule is CN(C)C(=O)[C@@H](OC(=O)c1ccccc1)[C@H](OC(=O)c1ccccc1)C(=O)OC1C(=O)N(C)c2cccc3c2N1[C@H]1CCNC[C@@H]31. The van der Waals surface area contributed by atoms with Crippen LogP contribution in [0.1, 0.15) is 38.6 Å². The first-order valence-corrected chi connectivity index (χ1v) is 15.0. The number of likely N-dealkylation sites (N-methyl/N-ethyl adjacent to an activating group) is 2. The van der Waals surface area contributed by atoms with Crippen LogP contribution in [0.25, 0.3) is 0 Å². The number of carbonyl (C=O) groups excluding carboxylic acids is 5. The van der Waals surface area contributed by atoms with Crippen LogP contribution < -0.4 is 15.1 Å². The van der Waals surface area contributed by atoms with Crippen LogP contribution in [0.2, 0.25) is 0 Å². The number of nitrogens with one attached hydrogen (secondary N) is 1. The summed E-state index contributed by atoms with van der Waals surface area (Å²) in [6.07, 6.45) is -4.70. The fraction of sp³-hybridized carbons (Fsp3) is 0.324. The van der Waals surface area contributed by atoms with Gasteiger partial charge in [-0.15, -0.1) is 0 Å². The Hall–Kier alpha value is -5.23. The molecule has 238 valence electrons. The molecule has 1 unspecified atom stereocenters. The van der Waals surface area contributed by atoms with Gasteiger partial charge in [-0.05, 0) is 48.9 Å². The molecule has 6 rings (SSSR count). The molecule has 1 saturated heterocycles. The smallest absolute Gasteiger partial charge is 0.354 e. The zero-order chi connectivity index (χ0) is 32.5. The summed E-state index contributed by atoms with van der Waals surface area (Å²) in [5.41, 5.74) is 2.71. The quantitative estimate of drug-likeness (QED) is 0.293. The van der Waals surface area contributed by atoms with E-state index in [0.717, 1.165) is 16.2 Å². The highest BCUT2D eigenvalue weighted by molar-refractivity contribution is 6.07. The number of piperidine rings is 1. The third-order valence-electron chi connectivity index (χ3n) is 8.57. The van der Waals surface area contributed by atoms with Crippen molar-refractivity contribution in [3.63, 3.8) is 0 Å². The molecule has 0 bridgehead atoms. The minimum atomic E-state index is -2.04. The van der Waals surface area contributed by atoms with Crippen LogP contribution in [0.3, 0.4) is 0 Å². The van der Waals surface area contributed by atoms with Crippen molar-refractivity contribution in [3.8, 4) is 0 Å². The molecule has 3 aromatic carbocycles. The molecule has 1 N–H and O–H groups in total. The van der Waals surface area contributed by atoms with E-state index >= 15 is 0 Å². The predicted octanol–water partition coefficient (Wildman–Crippen LogP) is 2.34. The minimum Gasteiger partial charge on any atom is -0.444 e. The molecule has 3 heterocycles. The van der Waals surface area contributed by atoms with Crippen molar-refractivity contribution < 1.29 is 38.2 Å². The van der Waals surface area contributed by atoms with Crippen molar-refractivity contribution in [2.75, 3.05) is 44.0 Å². The zero-order valence-corrected chi connectivity index (χ0v) is 25.6. The van der Waals surface area contributed by atoms with Gasteiger partial charge < -0.3 is 34.2 Å². The fourth-order valence-electron chi connectivity index (χ4n) is 6.28. The molecule has 46 heavy (non-hydrogen) atoms. The molecule has 0 aliphatic carbocycles. The van der Waals surface area contributed by atoms with Gasteiger partial charge in [-0.25, -0.2) is 14.4 Å². The molecule has 0 spiro atoms. The zero-order valence-electron chi connectivity index (χ0n) is 25.6. The summed E-state index contributed by atoms with van der Waals surface area (Å²) in [5.74, 6) is -4.37. The third-order valence-corrected chi connectivity index (χ3v) is 8.57. The number of amides is 2. The number of benzene rings is 3. The molecule has 1 fully saturated rings. The first kappa shape index (κ1) is 30.8. The summed E-state index contributed by atoms with van der Waals surface area (Å²) < 4.78 is 17.2. The standard InChI is InChI=1S/C34H34N4O8/c1-36(2)29(39)27(44-32(41)20-11-6-4-7-12-20)28(45-33(42)21-13-8-5-9-14-21)34(43)46-31-30(40)37(3)25-16-10-15-22-23-19-35-18-17-24(23)38(31)26(22)25/h4-16,23-24,27-28,31,35H,17-19H2,1-3H3/t23-,24-,27-,28-,31?/m0/s1. The second-order valence-corrected chi connectivity index (χ2v) is 11.6. The monoisotopic (exact) mass is 626 g/mol. The number of esters is 3. The summed E-state index contributed by atoms with van der Waals surface area (Å²) in [6.45, 7) is 1.39. The second-order valence-electron chi connectivity index (χ2n) is 11.6. The maximum absolute atomic E-state index is 14.2. The van der Waals surface area contributed by atoms with E-state index in [-0.39, 0.29) is 23.1 Å². The maximum atomic E-state index is 14.2. The number of carbonyl (C=O) groups is 5. The predicted molar refractivity (Wildman–Crippen MR) is 166 cm³/mol. The van der Waals surface area contributed by atoms with Gasteiger partial charge in [-0.2, -0.15) is 0 Å². The van der Waals surface area contributed by atoms with Gasteiger partial charge in [0.1, 0.15) is 0 Å². The molecule has 0 aromatic heterocycles. The molecule has 0 radical (unpaired) electrons. The van der Waals surface area contributed by atoms with Crippen molar-refractivity contribution >= 4 is 41.1 Å². The highest BCUT2D eigenvalue weighted by Crippen LogP contribution is 2.51. The second kappa shape index (κ2) is 12.6. The molecule has 12 nitrogen and oxygen atoms in total. The first-order chi connectivity index (χ1) is 22.2. The topological polar surface area (TPSA) is 135 Å². The van der Waals surface area contributed by atoms with E-state index in [2.05, 4.69) is 5.32 Å². The molecule has 3 aliphatic rings. The molecule has 2 amide bonds. The Morgan fingerprint density at radius 3 is 2.07 bits per heavy atom. The van der Waals surface area contributed by atoms with Gasteiger partial charge in [0.25, 0.3) is 18.0 Å². The van der Waals surface area contributed by atoms with E-state index in [1.54, 1.807) is 43.4 Å². The molecule has 3 aromatic rings. The highest BCUT2D eigenvalue weighted by atomic mass is 16.6. The highest BCUT2D eigenvalue weighted by Gasteiger charge is 2.53. The largest absolute Gasteiger partial charge is 0.444 e. The lowest BCUT2D eigenvalue weighted by molar-refractivity contribution is -0.173. The fourth-order valence-corrected chi connectivity index (χ4v) is 6.28. The summed E-state index contributed by atoms with van der Waals surface area (Å²) >= 11 is 0. The summed E-state index contributed by atoms with van der Waals surface area (Å²) in [5, 5.41) is 3.40. The van der Waals surface area contributed by atoms with Crippen LogP contribution in [0.4, 0.5) is 11.4 Å². The Kier molecular flexibility index (Phi) is 8.46. The van der Waals surface area contributed by atoms with Gasteiger partial charge in [-0.1, -0.05) is 48.5 Å². The van der Waals surface area contributed by atoms with Crippen molar-refractivity contribution in [1.29, 1.82) is 0 Å². The number of hydrogen-bond acceptors (Lipinski definition) is 10. The molecule has 12 heteroatoms. The van der Waals surface area contributed by atoms with Gasteiger partial charge in [0.15, 0.2) is 0 Å². The number of hydrogen-bond donors (Lipinski definition) is 1. The maximum Gasteiger partial charge on any atom is 0.354 e. The van der Waals surface area contributed by atoms with E-state index in [1.807, 2.05) is 23.1 Å². The van der Waals surface area contributed by atoms with E-state index < -0.39 is 48.2 Å². The lowest BCUT2D eigenvalue weighted by Gasteiger charge is -2.43. The lowest BCUT2D eigenvalue weighted by Crippen LogP contribution is -2.60. The molecule has 3 aliphatic heterocycles. The van der Waals surface area contributed by atoms with Crippen LogP contribution in [0.5, 0.6) is 0 Å². The van der Waals surface area contributed by atoms with E-state index in [1.165, 1.54) is 43.3 Å². The van der Waals surface area contributed by atoms with Crippen LogP contribution in [-0.2, 0) is 28.6 Å². The number of para-hydroxylation sites is 1. The lowest BCUT2D eigenvalue weighted by atomic mass is 9.90. The van der Waals surface area contributed by atoms with Crippen molar-refractivity contribution in [2.24, 2.45) is 0 Å². The number of fused-ring (bicyclic) bond motifs is 3. The van der Waals surface area contributed by atoms with Crippen LogP contribution in [0, 0.1) is 0 Å². The van der Waals surface area contributed by atoms with Gasteiger partial charge in [0.05, 0.1) is 22.5 Å². The van der Waals surface area contributed by atoms with E-state index in [9.17, 15) is 24.0 Å². The first-order valence-electron chi connectivity index (χ1n) is 15.0. The molecular formula is C34H34N4O8. The summed E-state index contributed by atoms with van der Waals surface area (Å²) in [4.78, 5) is 72.4. The summed E-state index contributed by atoms with van der Waals surface area (Å²) in [7, 11) is 4.42. The van der Waals surface area contributed by atoms with Gasteiger partial charge >= 0.3 is 17.9 Å². The van der Waals surface area contributed by atoms with Crippen LogP contribution in [0.15, 0.2) is 78.9 Å². The van der Waals surface area contributed by atoms with Gasteiger partial charge in [-0.3, -0.25) is 9.59 Å². The number of ether oxygens (including phenoxy) is 3. The molecule has 0 saturated carbocycles. The molecular weight excluding hydrogens is 592 g/mol. The van der Waals surface area contributed by atoms with Crippen LogP contribution >= 0.6 is 0 Å². The van der Waals surface area contributed by atoms with Crippen molar-refractivity contribution in [3.05, 3.63) is 95.6 Å². The normalized spacial score (nSPS) is 20.9. The minimum absolute atomic E-state index is 0.0470. The number of anilines is 2. The third kappa shape index (κ3) is 5.56. The Balaban J connectivity index is 1.37. The Morgan fingerprint density at radius 2 is 1.46 bits per heavy atom. The Bertz CT molecular complexity index is 1660. The Labute approximate surface area is 265 Å². The molecule has 5 atom stereocenters. The Morgan fingerprint density at radius 1 is 0.848 bits per heavy atom. The number of rotatable bonds is 8. The number of nitrogens with zero attached hydrogens (tertiary/aromatic N) is 3. The van der Waals surface area contributed by atoms with Gasteiger partial charge in [0.2, 0.25) is 12.2 Å². The van der Waals surface area contributed by atoms with Crippen molar-refractivity contribution in [1.82, 2.24) is 10.2 Å². The van der Waals surface area contributed by atoms with Gasteiger partial charge in [0, 0.05) is 39.6 Å². The van der Waals surface area contributed by atoms with Crippen LogP contribution in [-0.4, -0.2) is 93.3 Å². The average molecular weight is 627 g/mol. The average Bonchev–Trinajstić information content (AvgIpc) is 3.42. The van der Waals surface area contributed by atoms with Crippen molar-refractivity contribution in [2.45, 2.75) is 36.8 Å². The van der Waals surface area contributed by atoms with E-state index in [4.69, 9.17) is 14.2 Å². The summed E-state index contributed by atoms with van der Waals surface area (Å²) in [6, 6.07) is 21.4.